The number of aryl methyl sites for hydroxylation is 1. The minimum absolute atomic E-state index is 0.0982. The topological polar surface area (TPSA) is 84.7 Å². The van der Waals surface area contributed by atoms with E-state index >= 15 is 0 Å². The first-order valence-electron chi connectivity index (χ1n) is 8.29. The number of nitro benzene ring substituents is 1. The Bertz CT molecular complexity index is 773. The van der Waals surface area contributed by atoms with Crippen LogP contribution in [0.3, 0.4) is 0 Å². The lowest BCUT2D eigenvalue weighted by molar-refractivity contribution is -0.384. The van der Waals surface area contributed by atoms with Crippen molar-refractivity contribution in [2.45, 2.75) is 12.8 Å². The normalized spacial score (nSPS) is 10.3. The molecule has 0 fully saturated rings. The molecule has 0 saturated heterocycles. The van der Waals surface area contributed by atoms with E-state index in [9.17, 15) is 14.9 Å². The van der Waals surface area contributed by atoms with Crippen molar-refractivity contribution in [1.29, 1.82) is 0 Å². The quantitative estimate of drug-likeness (QED) is 0.446. The minimum Gasteiger partial charge on any atom is -0.497 e. The highest BCUT2D eigenvalue weighted by molar-refractivity contribution is 6.00. The second-order valence-corrected chi connectivity index (χ2v) is 6.06. The average molecular weight is 357 g/mol. The number of methoxy groups -OCH3 is 1. The monoisotopic (exact) mass is 357 g/mol. The van der Waals surface area contributed by atoms with Crippen molar-refractivity contribution in [1.82, 2.24) is 5.32 Å². The number of carbonyl (C=O) groups excluding carboxylic acids is 1. The van der Waals surface area contributed by atoms with E-state index in [-0.39, 0.29) is 11.6 Å². The summed E-state index contributed by atoms with van der Waals surface area (Å²) in [6, 6.07) is 12.1. The molecule has 0 unspecified atom stereocenters. The summed E-state index contributed by atoms with van der Waals surface area (Å²) in [5.41, 5.74) is 2.00. The van der Waals surface area contributed by atoms with E-state index in [0.29, 0.717) is 17.8 Å². The van der Waals surface area contributed by atoms with Gasteiger partial charge in [0.25, 0.3) is 11.6 Å². The summed E-state index contributed by atoms with van der Waals surface area (Å²) in [6.07, 6.45) is 1.59. The first kappa shape index (κ1) is 19.2. The van der Waals surface area contributed by atoms with Crippen LogP contribution in [0.4, 0.5) is 11.4 Å². The fourth-order valence-corrected chi connectivity index (χ4v) is 2.59. The predicted molar refractivity (Wildman–Crippen MR) is 101 cm³/mol. The number of hydrogen-bond donors (Lipinski definition) is 1. The van der Waals surface area contributed by atoms with Crippen molar-refractivity contribution in [3.8, 4) is 5.75 Å². The van der Waals surface area contributed by atoms with E-state index in [4.69, 9.17) is 4.74 Å². The molecule has 26 heavy (non-hydrogen) atoms. The van der Waals surface area contributed by atoms with Crippen molar-refractivity contribution in [3.05, 3.63) is 63.7 Å². The third kappa shape index (κ3) is 4.95. The molecule has 1 N–H and O–H groups in total. The largest absolute Gasteiger partial charge is 0.497 e. The van der Waals surface area contributed by atoms with E-state index < -0.39 is 4.92 Å². The van der Waals surface area contributed by atoms with Gasteiger partial charge in [0.2, 0.25) is 0 Å². The molecule has 0 aromatic heterocycles. The maximum atomic E-state index is 12.5. The number of non-ortho nitro benzene ring substituents is 1. The van der Waals surface area contributed by atoms with E-state index in [1.54, 1.807) is 32.2 Å². The van der Waals surface area contributed by atoms with Crippen LogP contribution in [0.5, 0.6) is 5.75 Å². The number of anilines is 1. The van der Waals surface area contributed by atoms with Gasteiger partial charge >= 0.3 is 0 Å². The highest BCUT2D eigenvalue weighted by Gasteiger charge is 2.17. The van der Waals surface area contributed by atoms with E-state index in [1.165, 1.54) is 12.1 Å². The van der Waals surface area contributed by atoms with Crippen LogP contribution in [0.15, 0.2) is 42.5 Å². The Morgan fingerprint density at radius 1 is 1.19 bits per heavy atom. The highest BCUT2D eigenvalue weighted by Crippen LogP contribution is 2.24. The number of ether oxygens (including phenoxy) is 1. The van der Waals surface area contributed by atoms with Gasteiger partial charge in [-0.1, -0.05) is 12.1 Å². The second-order valence-electron chi connectivity index (χ2n) is 6.06. The highest BCUT2D eigenvalue weighted by atomic mass is 16.6. The van der Waals surface area contributed by atoms with Gasteiger partial charge in [0, 0.05) is 38.5 Å². The van der Waals surface area contributed by atoms with Gasteiger partial charge in [-0.2, -0.15) is 0 Å². The third-order valence-corrected chi connectivity index (χ3v) is 4.00. The van der Waals surface area contributed by atoms with Gasteiger partial charge < -0.3 is 15.0 Å². The summed E-state index contributed by atoms with van der Waals surface area (Å²) in [7, 11) is 5.21. The van der Waals surface area contributed by atoms with Gasteiger partial charge in [-0.05, 0) is 36.6 Å². The first-order valence-corrected chi connectivity index (χ1v) is 8.29. The molecule has 7 nitrogen and oxygen atoms in total. The smallest absolute Gasteiger partial charge is 0.270 e. The second kappa shape index (κ2) is 8.84. The first-order chi connectivity index (χ1) is 12.4. The van der Waals surface area contributed by atoms with Crippen LogP contribution in [0, 0.1) is 10.1 Å². The zero-order valence-electron chi connectivity index (χ0n) is 15.2. The molecular weight excluding hydrogens is 334 g/mol. The van der Waals surface area contributed by atoms with Gasteiger partial charge in [0.05, 0.1) is 17.6 Å². The zero-order valence-corrected chi connectivity index (χ0v) is 15.2. The van der Waals surface area contributed by atoms with E-state index in [0.717, 1.165) is 24.2 Å². The average Bonchev–Trinajstić information content (AvgIpc) is 2.64. The van der Waals surface area contributed by atoms with Crippen molar-refractivity contribution in [2.24, 2.45) is 0 Å². The SMILES string of the molecule is COc1ccc(CCCNC(=O)c2cc([N+](=O)[O-])ccc2N(C)C)cc1. The van der Waals surface area contributed by atoms with Crippen LogP contribution in [0.25, 0.3) is 0 Å². The zero-order chi connectivity index (χ0) is 19.1. The van der Waals surface area contributed by atoms with Gasteiger partial charge in [0.1, 0.15) is 5.75 Å². The summed E-state index contributed by atoms with van der Waals surface area (Å²) < 4.78 is 5.12. The molecule has 2 aromatic carbocycles. The number of hydrogen-bond acceptors (Lipinski definition) is 5. The Morgan fingerprint density at radius 2 is 1.88 bits per heavy atom. The number of nitrogens with one attached hydrogen (secondary N) is 1. The molecule has 2 rings (SSSR count). The Hall–Kier alpha value is -3.09. The van der Waals surface area contributed by atoms with Crippen LogP contribution in [-0.4, -0.2) is 38.6 Å². The van der Waals surface area contributed by atoms with Crippen LogP contribution in [-0.2, 0) is 6.42 Å². The van der Waals surface area contributed by atoms with Crippen LogP contribution >= 0.6 is 0 Å². The number of nitro groups is 1. The number of benzene rings is 2. The predicted octanol–water partition coefficient (Wildman–Crippen LogP) is 3.03. The third-order valence-electron chi connectivity index (χ3n) is 4.00. The molecule has 0 aliphatic rings. The van der Waals surface area contributed by atoms with Crippen LogP contribution < -0.4 is 15.0 Å². The minimum atomic E-state index is -0.500. The van der Waals surface area contributed by atoms with Gasteiger partial charge in [0.15, 0.2) is 0 Å². The maximum absolute atomic E-state index is 12.5. The summed E-state index contributed by atoms with van der Waals surface area (Å²) >= 11 is 0. The molecule has 0 aliphatic heterocycles. The molecule has 0 spiro atoms. The summed E-state index contributed by atoms with van der Waals surface area (Å²) in [5, 5.41) is 13.8. The Balaban J connectivity index is 1.96. The standard InChI is InChI=1S/C19H23N3O4/c1-21(2)18-11-8-15(22(24)25)13-17(18)19(23)20-12-4-5-14-6-9-16(26-3)10-7-14/h6-11,13H,4-5,12H2,1-3H3,(H,20,23). The molecule has 1 amide bonds. The molecular formula is C19H23N3O4. The van der Waals surface area contributed by atoms with Gasteiger partial charge in [-0.3, -0.25) is 14.9 Å². The fraction of sp³-hybridized carbons (Fsp3) is 0.316. The molecule has 0 bridgehead atoms. The Kier molecular flexibility index (Phi) is 6.54. The molecule has 2 aromatic rings. The van der Waals surface area contributed by atoms with Crippen molar-refractivity contribution in [2.75, 3.05) is 32.6 Å². The van der Waals surface area contributed by atoms with Crippen molar-refractivity contribution >= 4 is 17.3 Å². The van der Waals surface area contributed by atoms with Gasteiger partial charge in [-0.25, -0.2) is 0 Å². The lowest BCUT2D eigenvalue weighted by Crippen LogP contribution is -2.27. The van der Waals surface area contributed by atoms with Crippen LogP contribution in [0.1, 0.15) is 22.3 Å². The molecule has 0 atom stereocenters. The molecule has 0 heterocycles. The van der Waals surface area contributed by atoms with Crippen molar-refractivity contribution in [3.63, 3.8) is 0 Å². The summed E-state index contributed by atoms with van der Waals surface area (Å²) in [5.74, 6) is 0.496. The number of nitrogens with zero attached hydrogens (tertiary/aromatic N) is 2. The van der Waals surface area contributed by atoms with E-state index in [1.807, 2.05) is 24.3 Å². The molecule has 7 heteroatoms. The molecule has 138 valence electrons. The fourth-order valence-electron chi connectivity index (χ4n) is 2.59. The summed E-state index contributed by atoms with van der Waals surface area (Å²) in [4.78, 5) is 24.7. The molecule has 0 radical (unpaired) electrons. The van der Waals surface area contributed by atoms with Crippen molar-refractivity contribution < 1.29 is 14.5 Å². The van der Waals surface area contributed by atoms with Gasteiger partial charge in [-0.15, -0.1) is 0 Å². The molecule has 0 saturated carbocycles. The number of carbonyl (C=O) groups is 1. The lowest BCUT2D eigenvalue weighted by atomic mass is 10.1. The molecule has 0 aliphatic carbocycles. The van der Waals surface area contributed by atoms with Crippen LogP contribution in [0.2, 0.25) is 0 Å². The Morgan fingerprint density at radius 3 is 2.46 bits per heavy atom. The maximum Gasteiger partial charge on any atom is 0.270 e. The van der Waals surface area contributed by atoms with E-state index in [2.05, 4.69) is 5.32 Å². The Labute approximate surface area is 152 Å². The summed E-state index contributed by atoms with van der Waals surface area (Å²) in [6.45, 7) is 0.487. The lowest BCUT2D eigenvalue weighted by Gasteiger charge is -2.17. The number of rotatable bonds is 8. The number of amides is 1.